The first-order valence-electron chi connectivity index (χ1n) is 10.7. The molecule has 0 aliphatic rings. The Hall–Kier alpha value is -2.75. The lowest BCUT2D eigenvalue weighted by Gasteiger charge is -2.12. The molecule has 3 N–H and O–H groups in total. The van der Waals surface area contributed by atoms with E-state index in [0.29, 0.717) is 44.0 Å². The second-order valence-corrected chi connectivity index (χ2v) is 8.85. The third kappa shape index (κ3) is 7.74. The topological polar surface area (TPSA) is 114 Å². The summed E-state index contributed by atoms with van der Waals surface area (Å²) in [6, 6.07) is 12.5. The maximum Gasteiger partial charge on any atom is 0.255 e. The smallest absolute Gasteiger partial charge is 0.255 e. The van der Waals surface area contributed by atoms with Gasteiger partial charge in [0.15, 0.2) is 0 Å². The molecular formula is C23H31N3O5S. The van der Waals surface area contributed by atoms with E-state index in [1.54, 1.807) is 24.3 Å². The molecule has 0 atom stereocenters. The van der Waals surface area contributed by atoms with Crippen molar-refractivity contribution in [2.75, 3.05) is 31.6 Å². The summed E-state index contributed by atoms with van der Waals surface area (Å²) >= 11 is 0. The number of benzene rings is 2. The average molecular weight is 462 g/mol. The highest BCUT2D eigenvalue weighted by Crippen LogP contribution is 2.18. The van der Waals surface area contributed by atoms with Crippen molar-refractivity contribution < 1.29 is 22.7 Å². The summed E-state index contributed by atoms with van der Waals surface area (Å²) < 4.78 is 32.7. The van der Waals surface area contributed by atoms with Gasteiger partial charge in [0, 0.05) is 31.9 Å². The highest BCUT2D eigenvalue weighted by Gasteiger charge is 2.17. The third-order valence-corrected chi connectivity index (χ3v) is 6.06. The highest BCUT2D eigenvalue weighted by atomic mass is 32.2. The molecule has 0 heterocycles. The van der Waals surface area contributed by atoms with E-state index in [-0.39, 0.29) is 16.4 Å². The molecule has 0 saturated heterocycles. The summed E-state index contributed by atoms with van der Waals surface area (Å²) in [5.74, 6) is -0.818. The van der Waals surface area contributed by atoms with Crippen LogP contribution in [0.1, 0.15) is 53.8 Å². The number of rotatable bonds is 13. The lowest BCUT2D eigenvalue weighted by Crippen LogP contribution is -2.27. The Kier molecular flexibility index (Phi) is 10.3. The van der Waals surface area contributed by atoms with E-state index in [1.807, 2.05) is 13.8 Å². The number of unbranched alkanes of at least 4 members (excludes halogenated alkanes) is 1. The molecule has 0 aliphatic carbocycles. The number of nitrogens with one attached hydrogen (secondary N) is 3. The van der Waals surface area contributed by atoms with Crippen LogP contribution in [0.4, 0.5) is 5.69 Å². The fraction of sp³-hybridized carbons (Fsp3) is 0.391. The molecular weight excluding hydrogens is 430 g/mol. The normalized spacial score (nSPS) is 11.2. The number of carbonyl (C=O) groups excluding carboxylic acids is 2. The standard InChI is InChI=1S/C23H31N3O5S/c1-3-5-15-25-32(29,30)19-11-8-10-18(17-19)22(27)26-21-13-7-6-12-20(21)23(28)24-14-9-16-31-4-2/h6-8,10-13,17,25H,3-5,9,14-16H2,1-2H3,(H,24,28)(H,26,27). The second-order valence-electron chi connectivity index (χ2n) is 7.09. The molecule has 0 aliphatic heterocycles. The molecule has 0 fully saturated rings. The van der Waals surface area contributed by atoms with Crippen LogP contribution >= 0.6 is 0 Å². The minimum Gasteiger partial charge on any atom is -0.382 e. The minimum atomic E-state index is -3.70. The Labute approximate surface area is 189 Å². The first kappa shape index (κ1) is 25.5. The van der Waals surface area contributed by atoms with Gasteiger partial charge >= 0.3 is 0 Å². The molecule has 0 unspecified atom stereocenters. The Morgan fingerprint density at radius 3 is 2.47 bits per heavy atom. The quantitative estimate of drug-likeness (QED) is 0.397. The first-order valence-corrected chi connectivity index (χ1v) is 12.2. The van der Waals surface area contributed by atoms with Gasteiger partial charge in [-0.25, -0.2) is 13.1 Å². The maximum atomic E-state index is 12.8. The molecule has 0 spiro atoms. The first-order chi connectivity index (χ1) is 15.4. The van der Waals surface area contributed by atoms with Gasteiger partial charge in [0.2, 0.25) is 10.0 Å². The van der Waals surface area contributed by atoms with Gasteiger partial charge in [-0.2, -0.15) is 0 Å². The van der Waals surface area contributed by atoms with E-state index < -0.39 is 15.9 Å². The van der Waals surface area contributed by atoms with Crippen LogP contribution in [0.15, 0.2) is 53.4 Å². The van der Waals surface area contributed by atoms with Crippen LogP contribution in [0, 0.1) is 0 Å². The number of hydrogen-bond acceptors (Lipinski definition) is 5. The Balaban J connectivity index is 2.09. The summed E-state index contributed by atoms with van der Waals surface area (Å²) in [5, 5.41) is 5.52. The summed E-state index contributed by atoms with van der Waals surface area (Å²) in [6.45, 7) is 5.85. The van der Waals surface area contributed by atoms with Crippen molar-refractivity contribution in [3.8, 4) is 0 Å². The van der Waals surface area contributed by atoms with Gasteiger partial charge in [-0.3, -0.25) is 9.59 Å². The zero-order valence-electron chi connectivity index (χ0n) is 18.5. The van der Waals surface area contributed by atoms with Crippen molar-refractivity contribution in [3.63, 3.8) is 0 Å². The number of hydrogen-bond donors (Lipinski definition) is 3. The molecule has 174 valence electrons. The summed E-state index contributed by atoms with van der Waals surface area (Å²) in [4.78, 5) is 25.3. The molecule has 0 aromatic heterocycles. The summed E-state index contributed by atoms with van der Waals surface area (Å²) in [7, 11) is -3.70. The van der Waals surface area contributed by atoms with Gasteiger partial charge in [0.05, 0.1) is 16.1 Å². The van der Waals surface area contributed by atoms with Crippen LogP contribution in [0.2, 0.25) is 0 Å². The van der Waals surface area contributed by atoms with Crippen molar-refractivity contribution in [2.45, 2.75) is 38.0 Å². The van der Waals surface area contributed by atoms with E-state index >= 15 is 0 Å². The van der Waals surface area contributed by atoms with Gasteiger partial charge in [-0.15, -0.1) is 0 Å². The van der Waals surface area contributed by atoms with Gasteiger partial charge < -0.3 is 15.4 Å². The van der Waals surface area contributed by atoms with Gasteiger partial charge in [-0.05, 0) is 50.1 Å². The number of sulfonamides is 1. The van der Waals surface area contributed by atoms with Crippen molar-refractivity contribution in [1.82, 2.24) is 10.0 Å². The largest absolute Gasteiger partial charge is 0.382 e. The lowest BCUT2D eigenvalue weighted by molar-refractivity contribution is 0.0945. The van der Waals surface area contributed by atoms with Gasteiger partial charge in [0.1, 0.15) is 0 Å². The molecule has 0 radical (unpaired) electrons. The predicted octanol–water partition coefficient (Wildman–Crippen LogP) is 3.17. The molecule has 0 bridgehead atoms. The monoisotopic (exact) mass is 461 g/mol. The van der Waals surface area contributed by atoms with Crippen LogP contribution in [-0.2, 0) is 14.8 Å². The molecule has 2 amide bonds. The number of anilines is 1. The Bertz CT molecular complexity index is 1010. The maximum absolute atomic E-state index is 12.8. The van der Waals surface area contributed by atoms with Crippen molar-refractivity contribution >= 4 is 27.5 Å². The van der Waals surface area contributed by atoms with Crippen LogP contribution < -0.4 is 15.4 Å². The molecule has 32 heavy (non-hydrogen) atoms. The van der Waals surface area contributed by atoms with Crippen molar-refractivity contribution in [1.29, 1.82) is 0 Å². The fourth-order valence-corrected chi connectivity index (χ4v) is 3.99. The summed E-state index contributed by atoms with van der Waals surface area (Å²) in [5.41, 5.74) is 0.840. The molecule has 2 aromatic carbocycles. The molecule has 2 rings (SSSR count). The molecule has 0 saturated carbocycles. The van der Waals surface area contributed by atoms with Gasteiger partial charge in [-0.1, -0.05) is 31.5 Å². The fourth-order valence-electron chi connectivity index (χ4n) is 2.87. The van der Waals surface area contributed by atoms with E-state index in [4.69, 9.17) is 4.74 Å². The Morgan fingerprint density at radius 1 is 0.938 bits per heavy atom. The van der Waals surface area contributed by atoms with E-state index in [0.717, 1.165) is 12.8 Å². The zero-order valence-corrected chi connectivity index (χ0v) is 19.3. The lowest BCUT2D eigenvalue weighted by atomic mass is 10.1. The number of carbonyl (C=O) groups is 2. The third-order valence-electron chi connectivity index (χ3n) is 4.60. The minimum absolute atomic E-state index is 0.0154. The van der Waals surface area contributed by atoms with Crippen LogP contribution in [-0.4, -0.2) is 46.5 Å². The number of para-hydroxylation sites is 1. The second kappa shape index (κ2) is 12.9. The van der Waals surface area contributed by atoms with E-state index in [9.17, 15) is 18.0 Å². The van der Waals surface area contributed by atoms with Crippen LogP contribution in [0.3, 0.4) is 0 Å². The van der Waals surface area contributed by atoms with Crippen molar-refractivity contribution in [3.05, 3.63) is 59.7 Å². The molecule has 9 heteroatoms. The zero-order chi connectivity index (χ0) is 23.4. The van der Waals surface area contributed by atoms with Crippen LogP contribution in [0.5, 0.6) is 0 Å². The predicted molar refractivity (Wildman–Crippen MR) is 124 cm³/mol. The molecule has 2 aromatic rings. The Morgan fingerprint density at radius 2 is 1.72 bits per heavy atom. The average Bonchev–Trinajstić information content (AvgIpc) is 2.79. The SMILES string of the molecule is CCCCNS(=O)(=O)c1cccc(C(=O)Nc2ccccc2C(=O)NCCCOCC)c1. The number of ether oxygens (including phenoxy) is 1. The van der Waals surface area contributed by atoms with Crippen LogP contribution in [0.25, 0.3) is 0 Å². The van der Waals surface area contributed by atoms with Crippen molar-refractivity contribution in [2.24, 2.45) is 0 Å². The van der Waals surface area contributed by atoms with E-state index in [1.165, 1.54) is 24.3 Å². The van der Waals surface area contributed by atoms with Gasteiger partial charge in [0.25, 0.3) is 11.8 Å². The highest BCUT2D eigenvalue weighted by molar-refractivity contribution is 7.89. The number of amides is 2. The molecule has 8 nitrogen and oxygen atoms in total. The summed E-state index contributed by atoms with van der Waals surface area (Å²) in [6.07, 6.45) is 2.27. The van der Waals surface area contributed by atoms with E-state index in [2.05, 4.69) is 15.4 Å².